The van der Waals surface area contributed by atoms with Gasteiger partial charge in [0.1, 0.15) is 23.9 Å². The minimum atomic E-state index is -0.388. The molecule has 3 rings (SSSR count). The third-order valence-corrected chi connectivity index (χ3v) is 3.90. The largest absolute Gasteiger partial charge is 0.475 e. The maximum atomic E-state index is 11.6. The third kappa shape index (κ3) is 5.17. The van der Waals surface area contributed by atoms with Gasteiger partial charge in [-0.05, 0) is 25.1 Å². The van der Waals surface area contributed by atoms with Crippen LogP contribution in [0, 0.1) is 6.92 Å². The third-order valence-electron chi connectivity index (χ3n) is 3.90. The topological polar surface area (TPSA) is 118 Å². The second-order valence-electron chi connectivity index (χ2n) is 5.92. The molecular formula is C20H21N5O4. The lowest BCUT2D eigenvalue weighted by atomic mass is 10.1. The zero-order valence-corrected chi connectivity index (χ0v) is 16.0. The van der Waals surface area contributed by atoms with Gasteiger partial charge in [0.25, 0.3) is 0 Å². The Bertz CT molecular complexity index is 979. The molecule has 9 nitrogen and oxygen atoms in total. The average molecular weight is 395 g/mol. The molecule has 3 aromatic rings. The lowest BCUT2D eigenvalue weighted by molar-refractivity contribution is 0.196. The van der Waals surface area contributed by atoms with E-state index in [2.05, 4.69) is 25.6 Å². The van der Waals surface area contributed by atoms with Gasteiger partial charge in [-0.2, -0.15) is 0 Å². The van der Waals surface area contributed by atoms with Crippen molar-refractivity contribution in [2.24, 2.45) is 0 Å². The number of carbonyl (C=O) groups excluding carboxylic acids is 1. The summed E-state index contributed by atoms with van der Waals surface area (Å²) in [7, 11) is 1.52. The summed E-state index contributed by atoms with van der Waals surface area (Å²) >= 11 is 0. The van der Waals surface area contributed by atoms with Crippen molar-refractivity contribution < 1.29 is 19.4 Å². The van der Waals surface area contributed by atoms with Gasteiger partial charge in [0, 0.05) is 48.9 Å². The molecule has 150 valence electrons. The number of amides is 2. The van der Waals surface area contributed by atoms with E-state index in [1.165, 1.54) is 7.05 Å². The van der Waals surface area contributed by atoms with E-state index in [1.54, 1.807) is 36.8 Å². The highest BCUT2D eigenvalue weighted by molar-refractivity contribution is 5.88. The standard InChI is InChI=1S/C20H21N5O4/c1-13-16(4-3-7-22-13)29-17-10-18(25-20(27)21-2)23-12-15(17)14-5-6-19(24-11-14)28-9-8-26/h3-7,10-12,26H,8-9H2,1-2H3,(H2,21,23,25,27). The molecular weight excluding hydrogens is 374 g/mol. The molecule has 29 heavy (non-hydrogen) atoms. The molecule has 0 aliphatic heterocycles. The SMILES string of the molecule is CNC(=O)Nc1cc(Oc2cccnc2C)c(-c2ccc(OCCO)nc2)cn1. The molecule has 0 saturated heterocycles. The molecule has 3 heterocycles. The summed E-state index contributed by atoms with van der Waals surface area (Å²) in [6.45, 7) is 1.92. The van der Waals surface area contributed by atoms with Gasteiger partial charge in [0.15, 0.2) is 0 Å². The van der Waals surface area contributed by atoms with Crippen LogP contribution in [0.25, 0.3) is 11.1 Å². The van der Waals surface area contributed by atoms with Crippen LogP contribution in [0.4, 0.5) is 10.6 Å². The highest BCUT2D eigenvalue weighted by Gasteiger charge is 2.13. The number of hydrogen-bond donors (Lipinski definition) is 3. The molecule has 0 saturated carbocycles. The molecule has 9 heteroatoms. The fourth-order valence-corrected chi connectivity index (χ4v) is 2.46. The van der Waals surface area contributed by atoms with E-state index >= 15 is 0 Å². The Balaban J connectivity index is 1.96. The van der Waals surface area contributed by atoms with E-state index < -0.39 is 0 Å². The predicted octanol–water partition coefficient (Wildman–Crippen LogP) is 2.76. The van der Waals surface area contributed by atoms with Crippen molar-refractivity contribution >= 4 is 11.8 Å². The van der Waals surface area contributed by atoms with Crippen molar-refractivity contribution in [3.05, 3.63) is 54.6 Å². The van der Waals surface area contributed by atoms with Crippen LogP contribution in [0.1, 0.15) is 5.69 Å². The maximum Gasteiger partial charge on any atom is 0.320 e. The first-order chi connectivity index (χ1) is 14.1. The number of urea groups is 1. The van der Waals surface area contributed by atoms with Crippen molar-refractivity contribution in [1.82, 2.24) is 20.3 Å². The number of anilines is 1. The normalized spacial score (nSPS) is 10.3. The predicted molar refractivity (Wildman–Crippen MR) is 107 cm³/mol. The zero-order valence-electron chi connectivity index (χ0n) is 16.0. The van der Waals surface area contributed by atoms with E-state index in [-0.39, 0.29) is 19.2 Å². The Labute approximate surface area is 167 Å². The second kappa shape index (κ2) is 9.47. The van der Waals surface area contributed by atoms with E-state index in [0.29, 0.717) is 28.8 Å². The number of aromatic nitrogens is 3. The molecule has 0 aromatic carbocycles. The van der Waals surface area contributed by atoms with Crippen LogP contribution in [-0.2, 0) is 0 Å². The number of aliphatic hydroxyl groups is 1. The molecule has 3 aromatic heterocycles. The number of nitrogens with one attached hydrogen (secondary N) is 2. The zero-order chi connectivity index (χ0) is 20.6. The van der Waals surface area contributed by atoms with Gasteiger partial charge in [0.05, 0.1) is 12.3 Å². The van der Waals surface area contributed by atoms with Crippen molar-refractivity contribution in [3.8, 4) is 28.5 Å². The summed E-state index contributed by atoms with van der Waals surface area (Å²) < 4.78 is 11.4. The Morgan fingerprint density at radius 1 is 1.14 bits per heavy atom. The van der Waals surface area contributed by atoms with Crippen LogP contribution < -0.4 is 20.1 Å². The summed E-state index contributed by atoms with van der Waals surface area (Å²) in [6.07, 6.45) is 4.90. The van der Waals surface area contributed by atoms with Crippen molar-refractivity contribution in [2.45, 2.75) is 6.92 Å². The first-order valence-electron chi connectivity index (χ1n) is 8.89. The lowest BCUT2D eigenvalue weighted by Gasteiger charge is -2.14. The lowest BCUT2D eigenvalue weighted by Crippen LogP contribution is -2.24. The van der Waals surface area contributed by atoms with Crippen molar-refractivity contribution in [3.63, 3.8) is 0 Å². The van der Waals surface area contributed by atoms with Gasteiger partial charge in [-0.25, -0.2) is 14.8 Å². The van der Waals surface area contributed by atoms with Gasteiger partial charge in [0.2, 0.25) is 5.88 Å². The fraction of sp³-hybridized carbons (Fsp3) is 0.200. The van der Waals surface area contributed by atoms with Gasteiger partial charge >= 0.3 is 6.03 Å². The Morgan fingerprint density at radius 3 is 2.69 bits per heavy atom. The fourth-order valence-electron chi connectivity index (χ4n) is 2.46. The van der Waals surface area contributed by atoms with Crippen molar-refractivity contribution in [2.75, 3.05) is 25.6 Å². The highest BCUT2D eigenvalue weighted by atomic mass is 16.5. The first kappa shape index (κ1) is 20.0. The molecule has 3 N–H and O–H groups in total. The molecule has 0 fully saturated rings. The number of carbonyl (C=O) groups is 1. The number of aliphatic hydroxyl groups excluding tert-OH is 1. The van der Waals surface area contributed by atoms with Crippen LogP contribution in [-0.4, -0.2) is 46.4 Å². The van der Waals surface area contributed by atoms with E-state index in [1.807, 2.05) is 19.1 Å². The second-order valence-corrected chi connectivity index (χ2v) is 5.92. The summed E-state index contributed by atoms with van der Waals surface area (Å²) in [5, 5.41) is 14.0. The Morgan fingerprint density at radius 2 is 2.00 bits per heavy atom. The molecule has 0 aliphatic rings. The highest BCUT2D eigenvalue weighted by Crippen LogP contribution is 2.35. The van der Waals surface area contributed by atoms with E-state index in [9.17, 15) is 4.79 Å². The number of ether oxygens (including phenoxy) is 2. The summed E-state index contributed by atoms with van der Waals surface area (Å²) in [5.74, 6) is 1.80. The summed E-state index contributed by atoms with van der Waals surface area (Å²) in [4.78, 5) is 24.4. The quantitative estimate of drug-likeness (QED) is 0.563. The van der Waals surface area contributed by atoms with E-state index in [4.69, 9.17) is 14.6 Å². The van der Waals surface area contributed by atoms with Gasteiger partial charge < -0.3 is 19.9 Å². The number of hydrogen-bond acceptors (Lipinski definition) is 7. The number of nitrogens with zero attached hydrogens (tertiary/aromatic N) is 3. The average Bonchev–Trinajstić information content (AvgIpc) is 2.74. The monoisotopic (exact) mass is 395 g/mol. The molecule has 2 amide bonds. The van der Waals surface area contributed by atoms with Crippen LogP contribution in [0.2, 0.25) is 0 Å². The van der Waals surface area contributed by atoms with Crippen LogP contribution in [0.3, 0.4) is 0 Å². The Hall–Kier alpha value is -3.72. The minimum absolute atomic E-state index is 0.0877. The smallest absolute Gasteiger partial charge is 0.320 e. The van der Waals surface area contributed by atoms with Crippen LogP contribution >= 0.6 is 0 Å². The molecule has 0 aliphatic carbocycles. The molecule has 0 radical (unpaired) electrons. The number of rotatable bonds is 7. The number of pyridine rings is 3. The molecule has 0 spiro atoms. The van der Waals surface area contributed by atoms with Gasteiger partial charge in [-0.3, -0.25) is 10.3 Å². The number of aryl methyl sites for hydroxylation is 1. The summed E-state index contributed by atoms with van der Waals surface area (Å²) in [6, 6.07) is 8.34. The van der Waals surface area contributed by atoms with Crippen molar-refractivity contribution in [1.29, 1.82) is 0 Å². The van der Waals surface area contributed by atoms with Gasteiger partial charge in [-0.1, -0.05) is 0 Å². The van der Waals surface area contributed by atoms with Crippen LogP contribution in [0.15, 0.2) is 48.9 Å². The molecule has 0 atom stereocenters. The van der Waals surface area contributed by atoms with Gasteiger partial charge in [-0.15, -0.1) is 0 Å². The minimum Gasteiger partial charge on any atom is -0.475 e. The summed E-state index contributed by atoms with van der Waals surface area (Å²) in [5.41, 5.74) is 2.15. The van der Waals surface area contributed by atoms with Crippen LogP contribution in [0.5, 0.6) is 17.4 Å². The Kier molecular flexibility index (Phi) is 6.54. The van der Waals surface area contributed by atoms with E-state index in [0.717, 1.165) is 11.3 Å². The first-order valence-corrected chi connectivity index (χ1v) is 8.89. The molecule has 0 unspecified atom stereocenters. The molecule has 0 bridgehead atoms. The maximum absolute atomic E-state index is 11.6.